The summed E-state index contributed by atoms with van der Waals surface area (Å²) in [5.41, 5.74) is -0.472. The second-order valence-electron chi connectivity index (χ2n) is 4.13. The number of ether oxygens (including phenoxy) is 3. The van der Waals surface area contributed by atoms with Gasteiger partial charge in [0.2, 0.25) is 10.0 Å². The molecule has 21 heavy (non-hydrogen) atoms. The fourth-order valence-corrected chi connectivity index (χ4v) is 2.19. The Bertz CT molecular complexity index is 630. The molecule has 0 bridgehead atoms. The molecule has 0 radical (unpaired) electrons. The first-order valence-electron chi connectivity index (χ1n) is 5.75. The van der Waals surface area contributed by atoms with Gasteiger partial charge in [-0.3, -0.25) is 10.1 Å². The van der Waals surface area contributed by atoms with E-state index in [4.69, 9.17) is 19.3 Å². The molecule has 10 heteroatoms. The molecule has 0 aliphatic carbocycles. The van der Waals surface area contributed by atoms with Crippen molar-refractivity contribution >= 4 is 15.7 Å². The SMILES string of the molecule is COc1c(OCC(C)OC)cc([N+](=O)[O-])cc1S(N)(=O)=O. The van der Waals surface area contributed by atoms with Crippen molar-refractivity contribution in [1.82, 2.24) is 0 Å². The molecule has 9 nitrogen and oxygen atoms in total. The number of non-ortho nitro benzene ring substituents is 1. The van der Waals surface area contributed by atoms with Crippen LogP contribution in [0.4, 0.5) is 5.69 Å². The van der Waals surface area contributed by atoms with E-state index in [9.17, 15) is 18.5 Å². The number of nitrogens with two attached hydrogens (primary N) is 1. The molecule has 0 amide bonds. The predicted octanol–water partition coefficient (Wildman–Crippen LogP) is 0.664. The number of primary sulfonamides is 1. The maximum atomic E-state index is 11.5. The molecular weight excluding hydrogens is 304 g/mol. The first kappa shape index (κ1) is 17.1. The van der Waals surface area contributed by atoms with Crippen molar-refractivity contribution in [3.05, 3.63) is 22.2 Å². The smallest absolute Gasteiger partial charge is 0.274 e. The van der Waals surface area contributed by atoms with E-state index in [2.05, 4.69) is 0 Å². The second kappa shape index (κ2) is 6.70. The highest BCUT2D eigenvalue weighted by atomic mass is 32.2. The Balaban J connectivity index is 3.39. The van der Waals surface area contributed by atoms with E-state index >= 15 is 0 Å². The minimum Gasteiger partial charge on any atom is -0.492 e. The molecule has 0 aromatic heterocycles. The van der Waals surface area contributed by atoms with Crippen LogP contribution >= 0.6 is 0 Å². The van der Waals surface area contributed by atoms with Crippen molar-refractivity contribution in [2.45, 2.75) is 17.9 Å². The number of nitro benzene ring substituents is 1. The zero-order valence-corrected chi connectivity index (χ0v) is 12.5. The molecule has 0 saturated carbocycles. The van der Waals surface area contributed by atoms with Gasteiger partial charge in [0.1, 0.15) is 11.5 Å². The van der Waals surface area contributed by atoms with E-state index in [0.717, 1.165) is 12.1 Å². The minimum absolute atomic E-state index is 0.0537. The monoisotopic (exact) mass is 320 g/mol. The Kier molecular flexibility index (Phi) is 5.47. The quantitative estimate of drug-likeness (QED) is 0.576. The maximum Gasteiger partial charge on any atom is 0.274 e. The van der Waals surface area contributed by atoms with Crippen LogP contribution in [0.1, 0.15) is 6.92 Å². The van der Waals surface area contributed by atoms with Gasteiger partial charge in [0.25, 0.3) is 5.69 Å². The standard InChI is InChI=1S/C11H16N2O7S/c1-7(18-2)6-20-9-4-8(13(14)15)5-10(11(9)19-3)21(12,16)17/h4-5,7H,6H2,1-3H3,(H2,12,16,17). The highest BCUT2D eigenvalue weighted by molar-refractivity contribution is 7.89. The molecule has 1 aromatic carbocycles. The lowest BCUT2D eigenvalue weighted by atomic mass is 10.2. The number of rotatable bonds is 7. The molecule has 1 atom stereocenters. The molecular formula is C11H16N2O7S. The van der Waals surface area contributed by atoms with Gasteiger partial charge in [-0.25, -0.2) is 13.6 Å². The summed E-state index contributed by atoms with van der Waals surface area (Å²) in [6, 6.07) is 1.89. The molecule has 0 fully saturated rings. The Morgan fingerprint density at radius 2 is 2.00 bits per heavy atom. The van der Waals surface area contributed by atoms with Gasteiger partial charge in [0.05, 0.1) is 24.2 Å². The lowest BCUT2D eigenvalue weighted by molar-refractivity contribution is -0.385. The Morgan fingerprint density at radius 1 is 1.38 bits per heavy atom. The number of nitrogens with zero attached hydrogens (tertiary/aromatic N) is 1. The van der Waals surface area contributed by atoms with Gasteiger partial charge in [-0.05, 0) is 6.92 Å². The third-order valence-corrected chi connectivity index (χ3v) is 3.52. The highest BCUT2D eigenvalue weighted by Crippen LogP contribution is 2.37. The van der Waals surface area contributed by atoms with Crippen LogP contribution in [0.2, 0.25) is 0 Å². The summed E-state index contributed by atoms with van der Waals surface area (Å²) in [4.78, 5) is 9.61. The van der Waals surface area contributed by atoms with E-state index in [1.54, 1.807) is 6.92 Å². The molecule has 1 unspecified atom stereocenters. The Labute approximate surface area is 121 Å². The van der Waals surface area contributed by atoms with E-state index in [0.29, 0.717) is 0 Å². The van der Waals surface area contributed by atoms with Crippen molar-refractivity contribution in [3.63, 3.8) is 0 Å². The molecule has 0 aliphatic rings. The van der Waals surface area contributed by atoms with Gasteiger partial charge in [0.15, 0.2) is 11.5 Å². The normalized spacial score (nSPS) is 12.8. The minimum atomic E-state index is -4.21. The van der Waals surface area contributed by atoms with Gasteiger partial charge in [-0.1, -0.05) is 0 Å². The zero-order chi connectivity index (χ0) is 16.2. The lowest BCUT2D eigenvalue weighted by Gasteiger charge is -2.15. The van der Waals surface area contributed by atoms with Crippen molar-refractivity contribution in [2.75, 3.05) is 20.8 Å². The predicted molar refractivity (Wildman–Crippen MR) is 73.0 cm³/mol. The van der Waals surface area contributed by atoms with E-state index in [1.165, 1.54) is 14.2 Å². The largest absolute Gasteiger partial charge is 0.492 e. The van der Waals surface area contributed by atoms with E-state index in [-0.39, 0.29) is 24.2 Å². The number of methoxy groups -OCH3 is 2. The topological polar surface area (TPSA) is 131 Å². The molecule has 0 spiro atoms. The fraction of sp³-hybridized carbons (Fsp3) is 0.455. The molecule has 1 aromatic rings. The number of hydrogen-bond acceptors (Lipinski definition) is 7. The Morgan fingerprint density at radius 3 is 2.43 bits per heavy atom. The number of hydrogen-bond donors (Lipinski definition) is 1. The van der Waals surface area contributed by atoms with Crippen molar-refractivity contribution in [2.24, 2.45) is 5.14 Å². The van der Waals surface area contributed by atoms with Gasteiger partial charge < -0.3 is 14.2 Å². The lowest BCUT2D eigenvalue weighted by Crippen LogP contribution is -2.18. The fourth-order valence-electron chi connectivity index (χ4n) is 1.46. The zero-order valence-electron chi connectivity index (χ0n) is 11.7. The van der Waals surface area contributed by atoms with Crippen molar-refractivity contribution in [1.29, 1.82) is 0 Å². The summed E-state index contributed by atoms with van der Waals surface area (Å²) >= 11 is 0. The first-order chi connectivity index (χ1) is 9.70. The summed E-state index contributed by atoms with van der Waals surface area (Å²) in [7, 11) is -1.53. The van der Waals surface area contributed by atoms with Gasteiger partial charge in [-0.15, -0.1) is 0 Å². The van der Waals surface area contributed by atoms with Crippen LogP contribution in [0, 0.1) is 10.1 Å². The van der Waals surface area contributed by atoms with Crippen LogP contribution in [-0.2, 0) is 14.8 Å². The van der Waals surface area contributed by atoms with Crippen molar-refractivity contribution in [3.8, 4) is 11.5 Å². The van der Waals surface area contributed by atoms with Gasteiger partial charge in [0, 0.05) is 13.2 Å². The molecule has 0 saturated heterocycles. The van der Waals surface area contributed by atoms with Crippen LogP contribution in [0.5, 0.6) is 11.5 Å². The maximum absolute atomic E-state index is 11.5. The number of nitro groups is 1. The molecule has 0 aliphatic heterocycles. The third-order valence-electron chi connectivity index (χ3n) is 2.60. The van der Waals surface area contributed by atoms with Crippen LogP contribution in [-0.4, -0.2) is 40.3 Å². The van der Waals surface area contributed by atoms with Gasteiger partial charge in [-0.2, -0.15) is 0 Å². The summed E-state index contributed by atoms with van der Waals surface area (Å²) in [6.45, 7) is 1.77. The summed E-state index contributed by atoms with van der Waals surface area (Å²) in [5, 5.41) is 15.9. The Hall–Kier alpha value is -1.91. The van der Waals surface area contributed by atoms with E-state index in [1.807, 2.05) is 0 Å². The van der Waals surface area contributed by atoms with Crippen molar-refractivity contribution < 1.29 is 27.6 Å². The molecule has 2 N–H and O–H groups in total. The second-order valence-corrected chi connectivity index (χ2v) is 5.66. The third kappa shape index (κ3) is 4.28. The van der Waals surface area contributed by atoms with Crippen LogP contribution in [0.15, 0.2) is 17.0 Å². The molecule has 118 valence electrons. The summed E-state index contributed by atoms with van der Waals surface area (Å²) in [5.74, 6) is -0.286. The number of sulfonamides is 1. The average Bonchev–Trinajstić information content (AvgIpc) is 2.42. The molecule has 0 heterocycles. The van der Waals surface area contributed by atoms with Crippen LogP contribution < -0.4 is 14.6 Å². The average molecular weight is 320 g/mol. The first-order valence-corrected chi connectivity index (χ1v) is 7.30. The number of benzene rings is 1. The highest BCUT2D eigenvalue weighted by Gasteiger charge is 2.25. The van der Waals surface area contributed by atoms with Crippen LogP contribution in [0.3, 0.4) is 0 Å². The van der Waals surface area contributed by atoms with Gasteiger partial charge >= 0.3 is 0 Å². The van der Waals surface area contributed by atoms with Crippen LogP contribution in [0.25, 0.3) is 0 Å². The molecule has 1 rings (SSSR count). The summed E-state index contributed by atoms with van der Waals surface area (Å²) in [6.07, 6.45) is -0.299. The summed E-state index contributed by atoms with van der Waals surface area (Å²) < 4.78 is 38.3. The van der Waals surface area contributed by atoms with E-state index < -0.39 is 25.5 Å².